The Morgan fingerprint density at radius 2 is 0.292 bits per heavy atom. The number of carboxylic acid groups (broad SMARTS) is 6. The Morgan fingerprint density at radius 1 is 0.198 bits per heavy atom. The van der Waals surface area contributed by atoms with Gasteiger partial charge in [-0.05, 0) is 106 Å². The van der Waals surface area contributed by atoms with Gasteiger partial charge in [-0.3, -0.25) is 0 Å². The first-order valence-electron chi connectivity index (χ1n) is 24.4. The molecular formula is C60H92Cd3N12O31+12. The van der Waals surface area contributed by atoms with E-state index in [4.69, 9.17) is 0 Å². The van der Waals surface area contributed by atoms with Crippen LogP contribution in [-0.2, 0) is 148 Å². The van der Waals surface area contributed by atoms with E-state index >= 15 is 0 Å². The summed E-state index contributed by atoms with van der Waals surface area (Å²) in [5.41, 5.74) is 6.26. The van der Waals surface area contributed by atoms with Gasteiger partial charge in [-0.1, -0.05) is 72.8 Å². The van der Waals surface area contributed by atoms with Gasteiger partial charge in [0, 0.05) is 108 Å². The molecule has 0 aliphatic rings. The molecule has 6 heterocycles. The molecule has 106 heavy (non-hydrogen) atoms. The van der Waals surface area contributed by atoms with Gasteiger partial charge >= 0.3 is 81.9 Å². The van der Waals surface area contributed by atoms with Crippen molar-refractivity contribution >= 4 is 35.8 Å². The number of aromatic nitrogens is 12. The van der Waals surface area contributed by atoms with Crippen LogP contribution < -0.4 is 30.6 Å². The molecule has 43 nitrogen and oxygen atoms in total. The molecule has 0 aliphatic carbocycles. The Hall–Kier alpha value is -10.6. The van der Waals surface area contributed by atoms with E-state index in [1.54, 1.807) is 213 Å². The second-order valence-corrected chi connectivity index (χ2v) is 16.8. The monoisotopic (exact) mass is 1820 g/mol. The number of hydrogen-bond donors (Lipinski definition) is 0. The molecule has 0 aliphatic heterocycles. The zero-order valence-corrected chi connectivity index (χ0v) is 68.2. The quantitative estimate of drug-likeness (QED) is 0.0809. The Labute approximate surface area is 659 Å². The molecule has 0 saturated carbocycles. The van der Waals surface area contributed by atoms with Crippen molar-refractivity contribution in [2.24, 2.45) is 0 Å². The number of imidazole rings is 6. The van der Waals surface area contributed by atoms with Crippen LogP contribution >= 0.6 is 0 Å². The van der Waals surface area contributed by atoms with Crippen LogP contribution in [0.15, 0.2) is 258 Å². The first-order valence-corrected chi connectivity index (χ1v) is 24.4. The van der Waals surface area contributed by atoms with E-state index in [0.29, 0.717) is 0 Å². The molecule has 0 bridgehead atoms. The summed E-state index contributed by atoms with van der Waals surface area (Å²) < 4.78 is 10.7. The Morgan fingerprint density at radius 3 is 0.358 bits per heavy atom. The van der Waals surface area contributed by atoms with Crippen molar-refractivity contribution in [1.82, 2.24) is 57.3 Å². The van der Waals surface area contributed by atoms with E-state index < -0.39 is 35.8 Å². The van der Waals surface area contributed by atoms with Crippen LogP contribution in [0.1, 0.15) is 62.1 Å². The average molecular weight is 1810 g/mol. The minimum atomic E-state index is -1.16. The van der Waals surface area contributed by atoms with Crippen molar-refractivity contribution in [2.45, 2.75) is 0 Å². The molecule has 0 unspecified atom stereocenters. The van der Waals surface area contributed by atoms with Gasteiger partial charge in [-0.2, -0.15) is 0 Å². The van der Waals surface area contributed by atoms with Gasteiger partial charge in [0.1, 0.15) is 0 Å². The number of rotatable bonds is 12. The van der Waals surface area contributed by atoms with Crippen molar-refractivity contribution in [1.29, 1.82) is 0 Å². The summed E-state index contributed by atoms with van der Waals surface area (Å²) in [5.74, 6) is -6.99. The summed E-state index contributed by atoms with van der Waals surface area (Å²) >= 11 is 0. The molecule has 0 fully saturated rings. The van der Waals surface area contributed by atoms with E-state index in [1.807, 2.05) is 0 Å². The van der Waals surface area contributed by atoms with E-state index in [-0.39, 0.29) is 219 Å². The molecule has 572 valence electrons. The van der Waals surface area contributed by atoms with Crippen molar-refractivity contribution < 1.29 is 245 Å². The Bertz CT molecular complexity index is 3330. The van der Waals surface area contributed by atoms with Crippen LogP contribution in [0.3, 0.4) is 0 Å². The molecule has 0 radical (unpaired) electrons. The fourth-order valence-electron chi connectivity index (χ4n) is 7.09. The maximum absolute atomic E-state index is 10.5. The molecule has 0 saturated heterocycles. The maximum Gasteiger partial charge on any atom is 2.00 e. The number of aromatic carboxylic acids is 6. The molecule has 46 heteroatoms. The fraction of sp³-hybridized carbons (Fsp3) is 0. The first-order chi connectivity index (χ1) is 40.6. The summed E-state index contributed by atoms with van der Waals surface area (Å²) in [6.07, 6.45) is 30.6. The predicted molar refractivity (Wildman–Crippen MR) is 371 cm³/mol. The van der Waals surface area contributed by atoms with Crippen LogP contribution in [0, 0.1) is 0 Å². The number of carbonyl (C=O) groups excluding carboxylic acids is 6. The third-order valence-corrected chi connectivity index (χ3v) is 11.4. The molecular weight excluding hydrogens is 1720 g/mol. The number of nitrogens with zero attached hydrogens (tertiary/aromatic N) is 12. The van der Waals surface area contributed by atoms with Crippen LogP contribution in [0.2, 0.25) is 0 Å². The van der Waals surface area contributed by atoms with Crippen molar-refractivity contribution in [3.63, 3.8) is 0 Å². The minimum absolute atomic E-state index is 0. The molecule has 12 rings (SSSR count). The van der Waals surface area contributed by atoms with Gasteiger partial charge in [-0.25, -0.2) is 29.9 Å². The van der Waals surface area contributed by atoms with Crippen molar-refractivity contribution in [3.05, 3.63) is 291 Å². The van der Waals surface area contributed by atoms with Gasteiger partial charge in [0.15, 0.2) is 0 Å². The molecule has 0 amide bonds. The second kappa shape index (κ2) is 68.8. The van der Waals surface area contributed by atoms with E-state index in [2.05, 4.69) is 29.9 Å². The van der Waals surface area contributed by atoms with Crippen LogP contribution in [0.5, 0.6) is 0 Å². The van der Waals surface area contributed by atoms with Gasteiger partial charge in [0.25, 0.3) is 0 Å². The minimum Gasteiger partial charge on any atom is -0.545 e. The summed E-state index contributed by atoms with van der Waals surface area (Å²) in [5, 5.41) is 62.8. The maximum atomic E-state index is 10.5. The summed E-state index contributed by atoms with van der Waals surface area (Å²) in [6.45, 7) is 0. The smallest absolute Gasteiger partial charge is 0.545 e. The third kappa shape index (κ3) is 41.0. The zero-order valence-electron chi connectivity index (χ0n) is 56.1. The molecule has 0 spiro atoms. The van der Waals surface area contributed by atoms with Crippen molar-refractivity contribution in [3.8, 4) is 34.1 Å². The number of carbonyl (C=O) groups is 6. The summed E-state index contributed by atoms with van der Waals surface area (Å²) in [6, 6.07) is 38.5. The largest absolute Gasteiger partial charge is 2.00 e. The number of carboxylic acids is 6. The summed E-state index contributed by atoms with van der Waals surface area (Å²) in [4.78, 5) is 86.2. The zero-order chi connectivity index (χ0) is 59.8. The average Bonchev–Trinajstić information content (AvgIpc) is 1.89. The Kier molecular flexibility index (Phi) is 87.5. The predicted octanol–water partition coefficient (Wildman–Crippen LogP) is -15.4. The molecule has 50 N–H and O–H groups in total. The molecule has 12 aromatic rings. The van der Waals surface area contributed by atoms with E-state index in [0.717, 1.165) is 34.1 Å². The standard InChI is InChI=1S/6C10H8N2O2.3Cd.19H2O/c6*13-10(14)8-1-3-9(4-2-8)12-6-5-11-7-12;;;;;;;;;;;;;;;;;;;;;;/h6*1-7H,(H,13,14);;;;19*1H2/q;;;;;;3*+2;;;;;;;;;;;;;;;;;;;/p+6. The second-order valence-electron chi connectivity index (χ2n) is 16.8. The van der Waals surface area contributed by atoms with Crippen molar-refractivity contribution in [2.75, 3.05) is 0 Å². The SMILES string of the molecule is O.O.O.O.O.O.O.O=C([O-])c1ccc(-n2ccnc2)cc1.O=C([O-])c1ccc(-n2ccnc2)cc1.O=C([O-])c1ccc(-n2ccnc2)cc1.O=C([O-])c1ccc(-n2ccnc2)cc1.O=C([O-])c1ccc(-n2ccnc2)cc1.O=C([O-])c1ccc(-n2ccnc2)cc1.[Cd+2].[Cd+2].[Cd+2].[OH3+].[OH3+].[OH3+].[OH3+].[OH3+].[OH3+].[OH3+].[OH3+].[OH3+].[OH3+].[OH3+].[OH3+]. The van der Waals surface area contributed by atoms with Gasteiger partial charge in [-0.15, -0.1) is 0 Å². The Balaban J connectivity index is -0.0000000629. The molecule has 0 atom stereocenters. The van der Waals surface area contributed by atoms with Gasteiger partial charge < -0.3 is 191 Å². The van der Waals surface area contributed by atoms with Crippen LogP contribution in [0.4, 0.5) is 0 Å². The fourth-order valence-corrected chi connectivity index (χ4v) is 7.09. The van der Waals surface area contributed by atoms with Gasteiger partial charge in [0.2, 0.25) is 0 Å². The van der Waals surface area contributed by atoms with Crippen LogP contribution in [0.25, 0.3) is 34.1 Å². The third-order valence-electron chi connectivity index (χ3n) is 11.4. The van der Waals surface area contributed by atoms with E-state index in [1.165, 1.54) is 72.8 Å². The topological polar surface area (TPSA) is 964 Å². The number of benzene rings is 6. The normalized spacial score (nSPS) is 7.92. The number of hydrogen-bond acceptors (Lipinski definition) is 18. The first kappa shape index (κ1) is 135. The van der Waals surface area contributed by atoms with E-state index in [9.17, 15) is 59.4 Å². The molecule has 6 aromatic heterocycles. The molecule has 6 aromatic carbocycles. The van der Waals surface area contributed by atoms with Gasteiger partial charge in [0.05, 0.1) is 73.8 Å². The van der Waals surface area contributed by atoms with Crippen LogP contribution in [-0.4, -0.2) is 131 Å². The summed E-state index contributed by atoms with van der Waals surface area (Å²) in [7, 11) is 0.